The molecule has 0 bridgehead atoms. The maximum Gasteiger partial charge on any atom is 0.283 e. The van der Waals surface area contributed by atoms with Crippen molar-refractivity contribution in [1.82, 2.24) is 5.32 Å². The molecule has 0 spiro atoms. The highest BCUT2D eigenvalue weighted by molar-refractivity contribution is 7.98. The summed E-state index contributed by atoms with van der Waals surface area (Å²) in [5.41, 5.74) is 0.851. The molecule has 6 nitrogen and oxygen atoms in total. The van der Waals surface area contributed by atoms with Crippen LogP contribution >= 0.6 is 23.4 Å². The predicted octanol–water partition coefficient (Wildman–Crippen LogP) is 3.91. The molecule has 8 heteroatoms. The number of amides is 1. The van der Waals surface area contributed by atoms with E-state index in [0.29, 0.717) is 21.2 Å². The van der Waals surface area contributed by atoms with Gasteiger partial charge in [-0.05, 0) is 36.6 Å². The number of nitro benzene ring substituents is 1. The Morgan fingerprint density at radius 2 is 2.08 bits per heavy atom. The lowest BCUT2D eigenvalue weighted by Crippen LogP contribution is -2.23. The zero-order valence-corrected chi connectivity index (χ0v) is 14.6. The molecular weight excluding hydrogens is 352 g/mol. The molecule has 2 aromatic carbocycles. The van der Waals surface area contributed by atoms with Gasteiger partial charge in [-0.3, -0.25) is 14.9 Å². The molecule has 0 unspecified atom stereocenters. The first kappa shape index (κ1) is 18.1. The maximum atomic E-state index is 12.3. The Labute approximate surface area is 148 Å². The molecule has 0 aliphatic rings. The predicted molar refractivity (Wildman–Crippen MR) is 94.1 cm³/mol. The second kappa shape index (κ2) is 8.03. The number of carbonyl (C=O) groups is 1. The van der Waals surface area contributed by atoms with Crippen molar-refractivity contribution in [3.8, 4) is 5.75 Å². The van der Waals surface area contributed by atoms with Crippen LogP contribution in [0.25, 0.3) is 0 Å². The van der Waals surface area contributed by atoms with Crippen LogP contribution in [0.15, 0.2) is 41.3 Å². The zero-order valence-electron chi connectivity index (χ0n) is 13.0. The summed E-state index contributed by atoms with van der Waals surface area (Å²) in [6, 6.07) is 9.50. The summed E-state index contributed by atoms with van der Waals surface area (Å²) in [6.07, 6.45) is 1.74. The van der Waals surface area contributed by atoms with Crippen molar-refractivity contribution >= 4 is 35.0 Å². The van der Waals surface area contributed by atoms with Crippen LogP contribution in [0, 0.1) is 10.1 Å². The number of nitrogens with zero attached hydrogens (tertiary/aromatic N) is 1. The van der Waals surface area contributed by atoms with Gasteiger partial charge in [0.2, 0.25) is 0 Å². The highest BCUT2D eigenvalue weighted by atomic mass is 35.5. The first-order chi connectivity index (χ1) is 11.5. The average Bonchev–Trinajstić information content (AvgIpc) is 2.59. The monoisotopic (exact) mass is 366 g/mol. The molecule has 1 amide bonds. The van der Waals surface area contributed by atoms with E-state index in [-0.39, 0.29) is 17.8 Å². The second-order valence-corrected chi connectivity index (χ2v) is 6.07. The van der Waals surface area contributed by atoms with E-state index >= 15 is 0 Å². The Morgan fingerprint density at radius 1 is 1.33 bits per heavy atom. The summed E-state index contributed by atoms with van der Waals surface area (Å²) in [7, 11) is 1.53. The fraction of sp³-hybridized carbons (Fsp3) is 0.188. The number of nitrogens with one attached hydrogen (secondary N) is 1. The molecule has 126 valence electrons. The van der Waals surface area contributed by atoms with Crippen LogP contribution in [0.4, 0.5) is 5.69 Å². The molecule has 2 rings (SSSR count). The van der Waals surface area contributed by atoms with Gasteiger partial charge in [0, 0.05) is 28.8 Å². The van der Waals surface area contributed by atoms with Crippen molar-refractivity contribution < 1.29 is 14.5 Å². The molecule has 0 fully saturated rings. The van der Waals surface area contributed by atoms with E-state index in [1.807, 2.05) is 0 Å². The van der Waals surface area contributed by atoms with Crippen LogP contribution in [0.2, 0.25) is 5.02 Å². The lowest BCUT2D eigenvalue weighted by molar-refractivity contribution is -0.387. The lowest BCUT2D eigenvalue weighted by Gasteiger charge is -2.10. The number of carbonyl (C=O) groups excluding carboxylic acids is 1. The van der Waals surface area contributed by atoms with E-state index in [4.69, 9.17) is 16.3 Å². The van der Waals surface area contributed by atoms with Crippen molar-refractivity contribution in [2.45, 2.75) is 11.4 Å². The van der Waals surface area contributed by atoms with E-state index in [1.54, 1.807) is 36.6 Å². The number of methoxy groups -OCH3 is 1. The van der Waals surface area contributed by atoms with Crippen molar-refractivity contribution in [2.75, 3.05) is 13.4 Å². The number of thioether (sulfide) groups is 1. The molecular formula is C16H15ClN2O4S. The minimum absolute atomic E-state index is 0.0875. The Kier molecular flexibility index (Phi) is 6.05. The second-order valence-electron chi connectivity index (χ2n) is 4.78. The molecule has 0 heterocycles. The van der Waals surface area contributed by atoms with Crippen molar-refractivity contribution in [2.24, 2.45) is 0 Å². The van der Waals surface area contributed by atoms with Gasteiger partial charge in [-0.2, -0.15) is 0 Å². The quantitative estimate of drug-likeness (QED) is 0.476. The van der Waals surface area contributed by atoms with Crippen molar-refractivity contribution in [3.05, 3.63) is 62.7 Å². The van der Waals surface area contributed by atoms with Crippen LogP contribution in [-0.2, 0) is 6.54 Å². The molecule has 0 radical (unpaired) electrons. The normalized spacial score (nSPS) is 10.3. The third-order valence-corrected chi connectivity index (χ3v) is 4.34. The highest BCUT2D eigenvalue weighted by Gasteiger charge is 2.17. The molecule has 0 saturated heterocycles. The van der Waals surface area contributed by atoms with E-state index in [1.165, 1.54) is 24.9 Å². The maximum absolute atomic E-state index is 12.3. The average molecular weight is 367 g/mol. The van der Waals surface area contributed by atoms with Gasteiger partial charge < -0.3 is 10.1 Å². The van der Waals surface area contributed by atoms with Crippen LogP contribution in [0.3, 0.4) is 0 Å². The van der Waals surface area contributed by atoms with Crippen LogP contribution in [-0.4, -0.2) is 24.2 Å². The summed E-state index contributed by atoms with van der Waals surface area (Å²) in [6.45, 7) is 0.195. The number of benzene rings is 2. The SMILES string of the molecule is COc1ccc(Cl)cc1CNC(=O)c1ccc(SC)c([N+](=O)[O-])c1. The van der Waals surface area contributed by atoms with Gasteiger partial charge in [-0.25, -0.2) is 0 Å². The van der Waals surface area contributed by atoms with Gasteiger partial charge in [0.25, 0.3) is 11.6 Å². The highest BCUT2D eigenvalue weighted by Crippen LogP contribution is 2.28. The van der Waals surface area contributed by atoms with Crippen LogP contribution in [0.1, 0.15) is 15.9 Å². The number of rotatable bonds is 6. The van der Waals surface area contributed by atoms with E-state index < -0.39 is 10.8 Å². The molecule has 0 atom stereocenters. The number of hydrogen-bond acceptors (Lipinski definition) is 5. The van der Waals surface area contributed by atoms with Gasteiger partial charge in [0.05, 0.1) is 16.9 Å². The fourth-order valence-electron chi connectivity index (χ4n) is 2.14. The zero-order chi connectivity index (χ0) is 17.7. The minimum atomic E-state index is -0.497. The molecule has 1 N–H and O–H groups in total. The summed E-state index contributed by atoms with van der Waals surface area (Å²) >= 11 is 7.21. The Hall–Kier alpha value is -2.25. The van der Waals surface area contributed by atoms with Gasteiger partial charge in [0.1, 0.15) is 5.75 Å². The molecule has 0 aromatic heterocycles. The van der Waals surface area contributed by atoms with E-state index in [0.717, 1.165) is 0 Å². The molecule has 0 aliphatic carbocycles. The van der Waals surface area contributed by atoms with Gasteiger partial charge in [0.15, 0.2) is 0 Å². The van der Waals surface area contributed by atoms with Crippen LogP contribution < -0.4 is 10.1 Å². The van der Waals surface area contributed by atoms with Crippen molar-refractivity contribution in [3.63, 3.8) is 0 Å². The smallest absolute Gasteiger partial charge is 0.283 e. The Bertz CT molecular complexity index is 783. The summed E-state index contributed by atoms with van der Waals surface area (Å²) in [5.74, 6) is 0.191. The molecule has 2 aromatic rings. The van der Waals surface area contributed by atoms with Gasteiger partial charge >= 0.3 is 0 Å². The number of halogens is 1. The molecule has 0 aliphatic heterocycles. The topological polar surface area (TPSA) is 81.5 Å². The van der Waals surface area contributed by atoms with Crippen LogP contribution in [0.5, 0.6) is 5.75 Å². The first-order valence-electron chi connectivity index (χ1n) is 6.89. The first-order valence-corrected chi connectivity index (χ1v) is 8.49. The fourth-order valence-corrected chi connectivity index (χ4v) is 2.88. The standard InChI is InChI=1S/C16H15ClN2O4S/c1-23-14-5-4-12(17)7-11(14)9-18-16(20)10-3-6-15(24-2)13(8-10)19(21)22/h3-8H,9H2,1-2H3,(H,18,20). The summed E-state index contributed by atoms with van der Waals surface area (Å²) in [5, 5.41) is 14.3. The number of ether oxygens (including phenoxy) is 1. The minimum Gasteiger partial charge on any atom is -0.496 e. The number of hydrogen-bond donors (Lipinski definition) is 1. The Balaban J connectivity index is 2.17. The molecule has 24 heavy (non-hydrogen) atoms. The number of nitro groups is 1. The third kappa shape index (κ3) is 4.18. The largest absolute Gasteiger partial charge is 0.496 e. The van der Waals surface area contributed by atoms with Crippen molar-refractivity contribution in [1.29, 1.82) is 0 Å². The summed E-state index contributed by atoms with van der Waals surface area (Å²) < 4.78 is 5.22. The van der Waals surface area contributed by atoms with E-state index in [2.05, 4.69) is 5.32 Å². The summed E-state index contributed by atoms with van der Waals surface area (Å²) in [4.78, 5) is 23.4. The van der Waals surface area contributed by atoms with E-state index in [9.17, 15) is 14.9 Å². The lowest BCUT2D eigenvalue weighted by atomic mass is 10.1. The van der Waals surface area contributed by atoms with Gasteiger partial charge in [-0.1, -0.05) is 11.6 Å². The third-order valence-electron chi connectivity index (χ3n) is 3.32. The molecule has 0 saturated carbocycles. The Morgan fingerprint density at radius 3 is 2.71 bits per heavy atom. The van der Waals surface area contributed by atoms with Gasteiger partial charge in [-0.15, -0.1) is 11.8 Å².